The minimum Gasteiger partial charge on any atom is -0.455 e. The molecule has 5 heteroatoms. The van der Waals surface area contributed by atoms with Gasteiger partial charge in [-0.2, -0.15) is 0 Å². The Kier molecular flexibility index (Phi) is 7.16. The van der Waals surface area contributed by atoms with Crippen LogP contribution >= 0.6 is 0 Å². The molecule has 0 saturated carbocycles. The van der Waals surface area contributed by atoms with Crippen LogP contribution in [0, 0.1) is 0 Å². The van der Waals surface area contributed by atoms with Gasteiger partial charge in [0.25, 0.3) is 0 Å². The topological polar surface area (TPSA) is 65.0 Å². The van der Waals surface area contributed by atoms with Crippen LogP contribution in [0.1, 0.15) is 0 Å². The van der Waals surface area contributed by atoms with Crippen LogP contribution in [0.4, 0.5) is 0 Å². The Hall–Kier alpha value is -7.89. The smallest absolute Gasteiger partial charge is 0.160 e. The molecule has 58 heavy (non-hydrogen) atoms. The van der Waals surface area contributed by atoms with Crippen molar-refractivity contribution < 1.29 is 8.83 Å². The minimum atomic E-state index is 0.643. The van der Waals surface area contributed by atoms with Crippen molar-refractivity contribution in [2.45, 2.75) is 0 Å². The Morgan fingerprint density at radius 2 is 0.948 bits per heavy atom. The van der Waals surface area contributed by atoms with Gasteiger partial charge >= 0.3 is 0 Å². The molecule has 12 aromatic rings. The first kappa shape index (κ1) is 32.4. The zero-order valence-electron chi connectivity index (χ0n) is 31.1. The molecule has 0 amide bonds. The van der Waals surface area contributed by atoms with Crippen molar-refractivity contribution in [3.8, 4) is 56.3 Å². The second kappa shape index (κ2) is 12.8. The summed E-state index contributed by atoms with van der Waals surface area (Å²) >= 11 is 0. The molecular formula is C53H31N3O2. The third kappa shape index (κ3) is 5.21. The van der Waals surface area contributed by atoms with E-state index in [1.165, 1.54) is 0 Å². The van der Waals surface area contributed by atoms with Crippen LogP contribution in [0.2, 0.25) is 0 Å². The Balaban J connectivity index is 0.993. The molecule has 0 spiro atoms. The molecule has 0 N–H and O–H groups in total. The fraction of sp³-hybridized carbons (Fsp3) is 0. The summed E-state index contributed by atoms with van der Waals surface area (Å²) in [6.45, 7) is 0. The number of para-hydroxylation sites is 3. The van der Waals surface area contributed by atoms with Gasteiger partial charge in [0.1, 0.15) is 22.3 Å². The third-order valence-electron chi connectivity index (χ3n) is 11.3. The average Bonchev–Trinajstić information content (AvgIpc) is 3.88. The summed E-state index contributed by atoms with van der Waals surface area (Å²) in [5.41, 5.74) is 12.9. The van der Waals surface area contributed by atoms with E-state index in [4.69, 9.17) is 23.8 Å². The summed E-state index contributed by atoms with van der Waals surface area (Å²) in [5.74, 6) is 0.643. The molecule has 8 aromatic carbocycles. The summed E-state index contributed by atoms with van der Waals surface area (Å²) in [6.07, 6.45) is 0. The Morgan fingerprint density at radius 1 is 0.345 bits per heavy atom. The number of nitrogens with zero attached hydrogens (tertiary/aromatic N) is 3. The standard InChI is InChI=1S/C53H31N3O2/c1-2-12-32(13-3-1)44-31-45(38-17-10-16-37(28-38)39-20-11-21-41-40-18-6-8-22-47(40)57-51(39)41)56-53(55-44)34-26-24-33(25-27-34)50-49-42-19-7-9-23-48(42)58-52(49)43-29-35-14-4-5-15-36(35)30-46(43)54-50/h1-31H. The Labute approximate surface area is 332 Å². The number of hydrogen-bond donors (Lipinski definition) is 0. The van der Waals surface area contributed by atoms with E-state index in [-0.39, 0.29) is 0 Å². The van der Waals surface area contributed by atoms with E-state index in [1.807, 2.05) is 42.5 Å². The van der Waals surface area contributed by atoms with Crippen LogP contribution in [0.5, 0.6) is 0 Å². The first-order valence-electron chi connectivity index (χ1n) is 19.4. The van der Waals surface area contributed by atoms with E-state index in [9.17, 15) is 0 Å². The highest BCUT2D eigenvalue weighted by Crippen LogP contribution is 2.41. The quantitative estimate of drug-likeness (QED) is 0.164. The van der Waals surface area contributed by atoms with Crippen LogP contribution < -0.4 is 0 Å². The molecule has 5 nitrogen and oxygen atoms in total. The van der Waals surface area contributed by atoms with Crippen LogP contribution in [-0.2, 0) is 0 Å². The number of hydrogen-bond acceptors (Lipinski definition) is 5. The molecule has 0 bridgehead atoms. The first-order chi connectivity index (χ1) is 28.7. The normalized spacial score (nSPS) is 11.8. The van der Waals surface area contributed by atoms with E-state index in [1.54, 1.807) is 0 Å². The number of fused-ring (bicyclic) bond motifs is 9. The first-order valence-corrected chi connectivity index (χ1v) is 19.4. The maximum absolute atomic E-state index is 6.59. The highest BCUT2D eigenvalue weighted by Gasteiger charge is 2.19. The van der Waals surface area contributed by atoms with Gasteiger partial charge in [0.2, 0.25) is 0 Å². The van der Waals surface area contributed by atoms with E-state index in [0.29, 0.717) is 5.82 Å². The fourth-order valence-electron chi connectivity index (χ4n) is 8.44. The maximum Gasteiger partial charge on any atom is 0.160 e. The maximum atomic E-state index is 6.59. The second-order valence-electron chi connectivity index (χ2n) is 14.7. The van der Waals surface area contributed by atoms with Gasteiger partial charge in [-0.1, -0.05) is 152 Å². The summed E-state index contributed by atoms with van der Waals surface area (Å²) in [4.78, 5) is 15.7. The fourth-order valence-corrected chi connectivity index (χ4v) is 8.44. The van der Waals surface area contributed by atoms with Crippen LogP contribution in [0.25, 0.3) is 122 Å². The monoisotopic (exact) mass is 741 g/mol. The van der Waals surface area contributed by atoms with Gasteiger partial charge in [0.15, 0.2) is 5.82 Å². The number of furan rings is 2. The van der Waals surface area contributed by atoms with Gasteiger partial charge in [-0.3, -0.25) is 0 Å². The average molecular weight is 742 g/mol. The van der Waals surface area contributed by atoms with Crippen molar-refractivity contribution in [2.75, 3.05) is 0 Å². The van der Waals surface area contributed by atoms with Crippen molar-refractivity contribution in [3.05, 3.63) is 188 Å². The van der Waals surface area contributed by atoms with Crippen molar-refractivity contribution in [3.63, 3.8) is 0 Å². The van der Waals surface area contributed by atoms with E-state index < -0.39 is 0 Å². The number of pyridine rings is 1. The van der Waals surface area contributed by atoms with Gasteiger partial charge in [-0.05, 0) is 52.7 Å². The Morgan fingerprint density at radius 3 is 1.78 bits per heavy atom. The number of benzene rings is 8. The van der Waals surface area contributed by atoms with E-state index in [0.717, 1.165) is 116 Å². The zero-order chi connectivity index (χ0) is 38.2. The number of rotatable bonds is 5. The van der Waals surface area contributed by atoms with Gasteiger partial charge in [-0.25, -0.2) is 15.0 Å². The van der Waals surface area contributed by atoms with Crippen LogP contribution in [0.15, 0.2) is 197 Å². The van der Waals surface area contributed by atoms with Crippen molar-refractivity contribution >= 4 is 65.6 Å². The Bertz CT molecular complexity index is 3570. The zero-order valence-corrected chi connectivity index (χ0v) is 31.1. The summed E-state index contributed by atoms with van der Waals surface area (Å²) < 4.78 is 13.0. The molecule has 0 aliphatic heterocycles. The number of aromatic nitrogens is 3. The van der Waals surface area contributed by atoms with Crippen molar-refractivity contribution in [1.29, 1.82) is 0 Å². The van der Waals surface area contributed by atoms with Gasteiger partial charge in [0, 0.05) is 49.4 Å². The van der Waals surface area contributed by atoms with Gasteiger partial charge < -0.3 is 8.83 Å². The van der Waals surface area contributed by atoms with Gasteiger partial charge in [0.05, 0.1) is 28.0 Å². The molecule has 0 aliphatic carbocycles. The molecule has 0 aliphatic rings. The molecule has 4 aromatic heterocycles. The molecule has 0 atom stereocenters. The van der Waals surface area contributed by atoms with Gasteiger partial charge in [-0.15, -0.1) is 0 Å². The van der Waals surface area contributed by atoms with Crippen molar-refractivity contribution in [1.82, 2.24) is 15.0 Å². The summed E-state index contributed by atoms with van der Waals surface area (Å²) in [7, 11) is 0. The second-order valence-corrected chi connectivity index (χ2v) is 14.7. The van der Waals surface area contributed by atoms with Crippen LogP contribution in [0.3, 0.4) is 0 Å². The van der Waals surface area contributed by atoms with E-state index in [2.05, 4.69) is 146 Å². The lowest BCUT2D eigenvalue weighted by molar-refractivity contribution is 0.670. The molecular weight excluding hydrogens is 711 g/mol. The SMILES string of the molecule is c1ccc(-c2cc(-c3cccc(-c4cccc5c4oc4ccccc45)c3)nc(-c3ccc(-c4nc5cc6ccccc6cc5c5oc6ccccc6c45)cc3)n2)cc1. The highest BCUT2D eigenvalue weighted by atomic mass is 16.3. The lowest BCUT2D eigenvalue weighted by atomic mass is 9.98. The molecule has 0 unspecified atom stereocenters. The molecule has 0 fully saturated rings. The summed E-state index contributed by atoms with van der Waals surface area (Å²) in [5, 5.41) is 7.57. The summed E-state index contributed by atoms with van der Waals surface area (Å²) in [6, 6.07) is 64.8. The highest BCUT2D eigenvalue weighted by molar-refractivity contribution is 6.20. The largest absolute Gasteiger partial charge is 0.455 e. The molecule has 0 saturated heterocycles. The predicted octanol–water partition coefficient (Wildman–Crippen LogP) is 14.3. The van der Waals surface area contributed by atoms with E-state index >= 15 is 0 Å². The minimum absolute atomic E-state index is 0.643. The molecule has 0 radical (unpaired) electrons. The lowest BCUT2D eigenvalue weighted by Gasteiger charge is -2.12. The van der Waals surface area contributed by atoms with Crippen LogP contribution in [-0.4, -0.2) is 15.0 Å². The predicted molar refractivity (Wildman–Crippen MR) is 237 cm³/mol. The molecule has 270 valence electrons. The third-order valence-corrected chi connectivity index (χ3v) is 11.3. The molecule has 4 heterocycles. The van der Waals surface area contributed by atoms with Crippen molar-refractivity contribution in [2.24, 2.45) is 0 Å². The lowest BCUT2D eigenvalue weighted by Crippen LogP contribution is -1.96. The molecule has 12 rings (SSSR count).